The van der Waals surface area contributed by atoms with E-state index < -0.39 is 11.4 Å². The fourth-order valence-corrected chi connectivity index (χ4v) is 1.13. The third-order valence-corrected chi connectivity index (χ3v) is 2.25. The molecule has 2 heterocycles. The number of nitrogen functional groups attached to an aromatic ring is 1. The number of rotatable bonds is 0. The molecule has 0 unspecified atom stereocenters. The highest BCUT2D eigenvalue weighted by Gasteiger charge is 2.00. The summed E-state index contributed by atoms with van der Waals surface area (Å²) in [5, 5.41) is 0. The monoisotopic (exact) mass is 267 g/mol. The number of H-pyrrole nitrogens is 2. The van der Waals surface area contributed by atoms with Gasteiger partial charge in [0.1, 0.15) is 5.82 Å². The Morgan fingerprint density at radius 1 is 1.11 bits per heavy atom. The molecule has 0 radical (unpaired) electrons. The standard InChI is InChI=1S/C6H9N3O2.C4H4N2O2/c1-8-4(7)3-5(10)9(2)6(8)11;7-3-1-2-5-4(8)6-3/h3H,7H2,1-2H3;1-2H,(H2,5,6,7,8). The highest BCUT2D eigenvalue weighted by Crippen LogP contribution is 1.86. The van der Waals surface area contributed by atoms with Crippen molar-refractivity contribution in [3.05, 3.63) is 60.0 Å². The number of nitrogens with zero attached hydrogens (tertiary/aromatic N) is 2. The van der Waals surface area contributed by atoms with E-state index in [1.807, 2.05) is 4.98 Å². The van der Waals surface area contributed by atoms with Gasteiger partial charge in [0.2, 0.25) is 0 Å². The van der Waals surface area contributed by atoms with Gasteiger partial charge >= 0.3 is 11.4 Å². The summed E-state index contributed by atoms with van der Waals surface area (Å²) < 4.78 is 2.21. The van der Waals surface area contributed by atoms with Crippen molar-refractivity contribution in [2.24, 2.45) is 14.1 Å². The van der Waals surface area contributed by atoms with Crippen LogP contribution in [0.15, 0.2) is 37.5 Å². The predicted octanol–water partition coefficient (Wildman–Crippen LogP) is -2.27. The van der Waals surface area contributed by atoms with E-state index in [0.29, 0.717) is 0 Å². The van der Waals surface area contributed by atoms with E-state index in [9.17, 15) is 19.2 Å². The van der Waals surface area contributed by atoms with E-state index >= 15 is 0 Å². The maximum atomic E-state index is 11.1. The Hall–Kier alpha value is -2.84. The molecule has 9 heteroatoms. The molecule has 19 heavy (non-hydrogen) atoms. The lowest BCUT2D eigenvalue weighted by Gasteiger charge is -2.02. The molecule has 0 aliphatic carbocycles. The maximum Gasteiger partial charge on any atom is 0.332 e. The van der Waals surface area contributed by atoms with Gasteiger partial charge in [-0.2, -0.15) is 0 Å². The zero-order valence-electron chi connectivity index (χ0n) is 10.3. The predicted molar refractivity (Wildman–Crippen MR) is 69.0 cm³/mol. The zero-order valence-corrected chi connectivity index (χ0v) is 10.3. The van der Waals surface area contributed by atoms with Crippen molar-refractivity contribution in [2.45, 2.75) is 0 Å². The average molecular weight is 267 g/mol. The minimum Gasteiger partial charge on any atom is -0.385 e. The summed E-state index contributed by atoms with van der Waals surface area (Å²) in [5.74, 6) is 0.179. The van der Waals surface area contributed by atoms with Gasteiger partial charge in [0.25, 0.3) is 11.1 Å². The van der Waals surface area contributed by atoms with Crippen molar-refractivity contribution in [3.8, 4) is 0 Å². The molecule has 0 aromatic carbocycles. The summed E-state index contributed by atoms with van der Waals surface area (Å²) in [5.41, 5.74) is 3.69. The highest BCUT2D eigenvalue weighted by atomic mass is 16.2. The molecule has 0 bridgehead atoms. The summed E-state index contributed by atoms with van der Waals surface area (Å²) in [6.45, 7) is 0. The van der Waals surface area contributed by atoms with Gasteiger partial charge in [0, 0.05) is 32.4 Å². The van der Waals surface area contributed by atoms with Crippen LogP contribution in [0.2, 0.25) is 0 Å². The van der Waals surface area contributed by atoms with E-state index in [1.165, 1.54) is 37.0 Å². The Morgan fingerprint density at radius 2 is 1.74 bits per heavy atom. The largest absolute Gasteiger partial charge is 0.385 e. The van der Waals surface area contributed by atoms with E-state index in [1.54, 1.807) is 0 Å². The molecule has 0 aliphatic heterocycles. The number of nitrogens with two attached hydrogens (primary N) is 1. The molecule has 4 N–H and O–H groups in total. The fraction of sp³-hybridized carbons (Fsp3) is 0.200. The van der Waals surface area contributed by atoms with Gasteiger partial charge in [-0.05, 0) is 0 Å². The van der Waals surface area contributed by atoms with Gasteiger partial charge in [-0.25, -0.2) is 9.59 Å². The summed E-state index contributed by atoms with van der Waals surface area (Å²) in [7, 11) is 2.92. The number of nitrogens with one attached hydrogen (secondary N) is 2. The second-order valence-electron chi connectivity index (χ2n) is 3.60. The minimum atomic E-state index is -0.475. The Labute approximate surface area is 106 Å². The van der Waals surface area contributed by atoms with Crippen LogP contribution in [0.4, 0.5) is 5.82 Å². The van der Waals surface area contributed by atoms with Crippen LogP contribution in [0.5, 0.6) is 0 Å². The first kappa shape index (κ1) is 14.2. The molecule has 0 saturated heterocycles. The molecule has 0 aliphatic rings. The summed E-state index contributed by atoms with van der Waals surface area (Å²) >= 11 is 0. The van der Waals surface area contributed by atoms with Crippen LogP contribution >= 0.6 is 0 Å². The molecule has 102 valence electrons. The minimum absolute atomic E-state index is 0.179. The molecule has 0 fully saturated rings. The van der Waals surface area contributed by atoms with Gasteiger partial charge < -0.3 is 10.7 Å². The summed E-state index contributed by atoms with van der Waals surface area (Å²) in [6, 6.07) is 2.45. The topological polar surface area (TPSA) is 136 Å². The Morgan fingerprint density at radius 3 is 2.21 bits per heavy atom. The number of aromatic nitrogens is 4. The Balaban J connectivity index is 0.000000200. The Bertz CT molecular complexity index is 770. The quantitative estimate of drug-likeness (QED) is 0.494. The Kier molecular flexibility index (Phi) is 4.24. The first-order chi connectivity index (χ1) is 8.82. The molecule has 0 atom stereocenters. The number of anilines is 1. The SMILES string of the molecule is Cn1c(N)cc(=O)n(C)c1=O.O=c1cc[nH]c(=O)[nH]1. The van der Waals surface area contributed by atoms with Crippen molar-refractivity contribution in [1.82, 2.24) is 19.1 Å². The van der Waals surface area contributed by atoms with Crippen LogP contribution in [0.3, 0.4) is 0 Å². The van der Waals surface area contributed by atoms with Gasteiger partial charge in [-0.3, -0.25) is 23.7 Å². The van der Waals surface area contributed by atoms with Gasteiger partial charge in [-0.1, -0.05) is 0 Å². The summed E-state index contributed by atoms with van der Waals surface area (Å²) in [4.78, 5) is 46.6. The van der Waals surface area contributed by atoms with E-state index in [0.717, 1.165) is 4.57 Å². The lowest BCUT2D eigenvalue weighted by molar-refractivity contribution is 0.694. The lowest BCUT2D eigenvalue weighted by Crippen LogP contribution is -2.37. The molecule has 0 spiro atoms. The number of aromatic amines is 2. The van der Waals surface area contributed by atoms with Crippen molar-refractivity contribution in [3.63, 3.8) is 0 Å². The van der Waals surface area contributed by atoms with Crippen molar-refractivity contribution in [2.75, 3.05) is 5.73 Å². The van der Waals surface area contributed by atoms with Gasteiger partial charge in [0.05, 0.1) is 0 Å². The first-order valence-electron chi connectivity index (χ1n) is 5.13. The highest BCUT2D eigenvalue weighted by molar-refractivity contribution is 5.25. The van der Waals surface area contributed by atoms with E-state index in [2.05, 4.69) is 4.98 Å². The van der Waals surface area contributed by atoms with Crippen LogP contribution < -0.4 is 28.2 Å². The fourth-order valence-electron chi connectivity index (χ4n) is 1.13. The van der Waals surface area contributed by atoms with Gasteiger partial charge in [-0.15, -0.1) is 0 Å². The molecule has 0 amide bonds. The van der Waals surface area contributed by atoms with Crippen molar-refractivity contribution >= 4 is 5.82 Å². The number of hydrogen-bond donors (Lipinski definition) is 3. The maximum absolute atomic E-state index is 11.1. The first-order valence-corrected chi connectivity index (χ1v) is 5.13. The molecular formula is C10H13N5O4. The molecule has 9 nitrogen and oxygen atoms in total. The molecule has 2 rings (SSSR count). The van der Waals surface area contributed by atoms with Crippen LogP contribution in [0, 0.1) is 0 Å². The molecular weight excluding hydrogens is 254 g/mol. The van der Waals surface area contributed by atoms with Crippen LogP contribution in [0.1, 0.15) is 0 Å². The van der Waals surface area contributed by atoms with E-state index in [4.69, 9.17) is 5.73 Å². The third-order valence-electron chi connectivity index (χ3n) is 2.25. The second-order valence-corrected chi connectivity index (χ2v) is 3.60. The van der Waals surface area contributed by atoms with E-state index in [-0.39, 0.29) is 16.9 Å². The van der Waals surface area contributed by atoms with Crippen LogP contribution in [-0.4, -0.2) is 19.1 Å². The summed E-state index contributed by atoms with van der Waals surface area (Å²) in [6.07, 6.45) is 1.29. The average Bonchev–Trinajstić information content (AvgIpc) is 2.34. The molecule has 2 aromatic heterocycles. The molecule has 0 saturated carbocycles. The van der Waals surface area contributed by atoms with Crippen LogP contribution in [0.25, 0.3) is 0 Å². The van der Waals surface area contributed by atoms with Crippen LogP contribution in [-0.2, 0) is 14.1 Å². The second kappa shape index (κ2) is 5.67. The normalized spacial score (nSPS) is 9.58. The van der Waals surface area contributed by atoms with Gasteiger partial charge in [0.15, 0.2) is 0 Å². The number of hydrogen-bond acceptors (Lipinski definition) is 5. The zero-order chi connectivity index (χ0) is 14.6. The third kappa shape index (κ3) is 3.56. The smallest absolute Gasteiger partial charge is 0.332 e. The lowest BCUT2D eigenvalue weighted by atomic mass is 10.5. The van der Waals surface area contributed by atoms with Crippen molar-refractivity contribution in [1.29, 1.82) is 0 Å². The molecule has 2 aromatic rings. The van der Waals surface area contributed by atoms with Crippen molar-refractivity contribution < 1.29 is 0 Å².